The minimum absolute atomic E-state index is 0.0407. The molecule has 0 saturated carbocycles. The molecule has 21 heavy (non-hydrogen) atoms. The Bertz CT molecular complexity index is 641. The number of aromatic nitrogens is 1. The summed E-state index contributed by atoms with van der Waals surface area (Å²) < 4.78 is 5.11. The van der Waals surface area contributed by atoms with Crippen LogP contribution in [-0.2, 0) is 0 Å². The minimum atomic E-state index is -0.101. The van der Waals surface area contributed by atoms with E-state index in [1.165, 1.54) is 0 Å². The molecule has 1 aromatic heterocycles. The molecule has 110 valence electrons. The quantitative estimate of drug-likeness (QED) is 0.848. The number of carbonyl (C=O) groups is 1. The van der Waals surface area contributed by atoms with Crippen molar-refractivity contribution in [2.45, 2.75) is 13.0 Å². The van der Waals surface area contributed by atoms with Gasteiger partial charge in [0.05, 0.1) is 11.7 Å². The summed E-state index contributed by atoms with van der Waals surface area (Å²) in [4.78, 5) is 14.5. The second kappa shape index (κ2) is 6.12. The van der Waals surface area contributed by atoms with Crippen LogP contribution in [0.15, 0.2) is 34.9 Å². The molecule has 0 bridgehead atoms. The van der Waals surface area contributed by atoms with Gasteiger partial charge in [0.2, 0.25) is 5.76 Å². The Morgan fingerprint density at radius 2 is 2.19 bits per heavy atom. The molecule has 1 fully saturated rings. The summed E-state index contributed by atoms with van der Waals surface area (Å²) in [6.45, 7) is 2.51. The van der Waals surface area contributed by atoms with Crippen molar-refractivity contribution in [2.24, 2.45) is 0 Å². The number of amides is 1. The number of hydrogen-bond acceptors (Lipinski definition) is 4. The summed E-state index contributed by atoms with van der Waals surface area (Å²) in [6, 6.07) is 9.40. The van der Waals surface area contributed by atoms with Crippen LogP contribution in [0.2, 0.25) is 5.02 Å². The minimum Gasteiger partial charge on any atom is -0.351 e. The zero-order valence-corrected chi connectivity index (χ0v) is 13.2. The first-order valence-corrected chi connectivity index (χ1v) is 8.26. The van der Waals surface area contributed by atoms with Crippen LogP contribution in [0.1, 0.15) is 27.9 Å². The summed E-state index contributed by atoms with van der Waals surface area (Å²) >= 11 is 7.79. The highest BCUT2D eigenvalue weighted by Gasteiger charge is 2.30. The molecule has 1 saturated heterocycles. The third kappa shape index (κ3) is 3.09. The maximum atomic E-state index is 12.6. The molecule has 3 rings (SSSR count). The van der Waals surface area contributed by atoms with Crippen molar-refractivity contribution in [1.82, 2.24) is 10.1 Å². The van der Waals surface area contributed by atoms with Crippen molar-refractivity contribution in [3.05, 3.63) is 52.4 Å². The van der Waals surface area contributed by atoms with Gasteiger partial charge in [-0.3, -0.25) is 4.79 Å². The van der Waals surface area contributed by atoms with Crippen molar-refractivity contribution in [2.75, 3.05) is 18.1 Å². The van der Waals surface area contributed by atoms with Crippen molar-refractivity contribution in [3.8, 4) is 0 Å². The monoisotopic (exact) mass is 322 g/mol. The van der Waals surface area contributed by atoms with Crippen LogP contribution in [-0.4, -0.2) is 34.0 Å². The average molecular weight is 323 g/mol. The molecule has 6 heteroatoms. The fraction of sp³-hybridized carbons (Fsp3) is 0.333. The molecule has 0 aliphatic carbocycles. The smallest absolute Gasteiger partial charge is 0.293 e. The maximum absolute atomic E-state index is 12.6. The Balaban J connectivity index is 1.87. The van der Waals surface area contributed by atoms with Crippen LogP contribution in [0.25, 0.3) is 0 Å². The lowest BCUT2D eigenvalue weighted by Crippen LogP contribution is -2.40. The van der Waals surface area contributed by atoms with Crippen LogP contribution in [0.5, 0.6) is 0 Å². The Hall–Kier alpha value is -1.46. The predicted octanol–water partition coefficient (Wildman–Crippen LogP) is 3.57. The molecular formula is C15H15ClN2O2S. The Kier molecular flexibility index (Phi) is 4.22. The van der Waals surface area contributed by atoms with Crippen LogP contribution >= 0.6 is 23.4 Å². The van der Waals surface area contributed by atoms with E-state index in [2.05, 4.69) is 5.16 Å². The van der Waals surface area contributed by atoms with E-state index in [-0.39, 0.29) is 11.9 Å². The van der Waals surface area contributed by atoms with Crippen molar-refractivity contribution < 1.29 is 9.32 Å². The number of carbonyl (C=O) groups excluding carboxylic acids is 1. The fourth-order valence-electron chi connectivity index (χ4n) is 2.41. The van der Waals surface area contributed by atoms with E-state index in [4.69, 9.17) is 16.1 Å². The molecule has 4 nitrogen and oxygen atoms in total. The molecular weight excluding hydrogens is 308 g/mol. The van der Waals surface area contributed by atoms with Gasteiger partial charge in [-0.25, -0.2) is 0 Å². The van der Waals surface area contributed by atoms with Gasteiger partial charge in [0.15, 0.2) is 0 Å². The van der Waals surface area contributed by atoms with Crippen molar-refractivity contribution in [1.29, 1.82) is 0 Å². The first-order chi connectivity index (χ1) is 10.1. The zero-order chi connectivity index (χ0) is 14.8. The standard InChI is InChI=1S/C15H15ClN2O2S/c1-10-8-14(20-17-10)15(19)18-6-7-21-9-13(18)11-2-4-12(16)5-3-11/h2-5,8,13H,6-7,9H2,1H3/t13-/m0/s1. The number of thioether (sulfide) groups is 1. The maximum Gasteiger partial charge on any atom is 0.293 e. The third-order valence-corrected chi connectivity index (χ3v) is 4.76. The molecule has 0 N–H and O–H groups in total. The third-order valence-electron chi connectivity index (χ3n) is 3.48. The van der Waals surface area contributed by atoms with Crippen molar-refractivity contribution in [3.63, 3.8) is 0 Å². The van der Waals surface area contributed by atoms with E-state index < -0.39 is 0 Å². The lowest BCUT2D eigenvalue weighted by Gasteiger charge is -2.35. The number of nitrogens with zero attached hydrogens (tertiary/aromatic N) is 2. The normalized spacial score (nSPS) is 18.8. The summed E-state index contributed by atoms with van der Waals surface area (Å²) in [5.74, 6) is 2.01. The van der Waals surface area contributed by atoms with Gasteiger partial charge in [0.1, 0.15) is 0 Å². The highest BCUT2D eigenvalue weighted by atomic mass is 35.5. The van der Waals surface area contributed by atoms with Gasteiger partial charge in [-0.05, 0) is 24.6 Å². The summed E-state index contributed by atoms with van der Waals surface area (Å²) in [7, 11) is 0. The van der Waals surface area contributed by atoms with Crippen molar-refractivity contribution >= 4 is 29.3 Å². The molecule has 2 heterocycles. The molecule has 0 unspecified atom stereocenters. The SMILES string of the molecule is Cc1cc(C(=O)N2CCSC[C@H]2c2ccc(Cl)cc2)on1. The van der Waals surface area contributed by atoms with E-state index in [0.717, 1.165) is 17.1 Å². The van der Waals surface area contributed by atoms with Gasteiger partial charge >= 0.3 is 0 Å². The van der Waals surface area contributed by atoms with Gasteiger partial charge in [-0.1, -0.05) is 28.9 Å². The number of halogens is 1. The number of aryl methyl sites for hydroxylation is 1. The number of hydrogen-bond donors (Lipinski definition) is 0. The van der Waals surface area contributed by atoms with E-state index in [9.17, 15) is 4.79 Å². The van der Waals surface area contributed by atoms with E-state index in [1.807, 2.05) is 47.9 Å². The Labute approximate surface area is 132 Å². The van der Waals surface area contributed by atoms with Crippen LogP contribution < -0.4 is 0 Å². The molecule has 1 aliphatic rings. The van der Waals surface area contributed by atoms with Gasteiger partial charge in [-0.15, -0.1) is 0 Å². The highest BCUT2D eigenvalue weighted by molar-refractivity contribution is 7.99. The Morgan fingerprint density at radius 3 is 2.86 bits per heavy atom. The largest absolute Gasteiger partial charge is 0.351 e. The fourth-order valence-corrected chi connectivity index (χ4v) is 3.63. The van der Waals surface area contributed by atoms with Gasteiger partial charge in [0.25, 0.3) is 5.91 Å². The summed E-state index contributed by atoms with van der Waals surface area (Å²) in [6.07, 6.45) is 0. The van der Waals surface area contributed by atoms with Gasteiger partial charge in [0, 0.05) is 29.1 Å². The lowest BCUT2D eigenvalue weighted by atomic mass is 10.1. The van der Waals surface area contributed by atoms with Crippen LogP contribution in [0.4, 0.5) is 0 Å². The molecule has 1 atom stereocenters. The number of benzene rings is 1. The summed E-state index contributed by atoms with van der Waals surface area (Å²) in [5.41, 5.74) is 1.81. The first-order valence-electron chi connectivity index (χ1n) is 6.72. The van der Waals surface area contributed by atoms with Gasteiger partial charge < -0.3 is 9.42 Å². The van der Waals surface area contributed by atoms with E-state index in [1.54, 1.807) is 6.07 Å². The van der Waals surface area contributed by atoms with Crippen LogP contribution in [0, 0.1) is 6.92 Å². The second-order valence-electron chi connectivity index (χ2n) is 4.97. The molecule has 0 spiro atoms. The summed E-state index contributed by atoms with van der Waals surface area (Å²) in [5, 5.41) is 4.50. The topological polar surface area (TPSA) is 46.3 Å². The van der Waals surface area contributed by atoms with E-state index >= 15 is 0 Å². The predicted molar refractivity (Wildman–Crippen MR) is 83.8 cm³/mol. The second-order valence-corrected chi connectivity index (χ2v) is 6.56. The van der Waals surface area contributed by atoms with Gasteiger partial charge in [-0.2, -0.15) is 11.8 Å². The molecule has 1 amide bonds. The molecule has 1 aliphatic heterocycles. The Morgan fingerprint density at radius 1 is 1.43 bits per heavy atom. The molecule has 2 aromatic rings. The van der Waals surface area contributed by atoms with Crippen LogP contribution in [0.3, 0.4) is 0 Å². The van der Waals surface area contributed by atoms with E-state index in [0.29, 0.717) is 23.0 Å². The molecule has 1 aromatic carbocycles. The average Bonchev–Trinajstić information content (AvgIpc) is 2.94. The highest BCUT2D eigenvalue weighted by Crippen LogP contribution is 2.31. The zero-order valence-electron chi connectivity index (χ0n) is 11.6. The number of rotatable bonds is 2. The first kappa shape index (κ1) is 14.5. The molecule has 0 radical (unpaired) electrons. The lowest BCUT2D eigenvalue weighted by molar-refractivity contribution is 0.0658.